The highest BCUT2D eigenvalue weighted by molar-refractivity contribution is 8.34. The van der Waals surface area contributed by atoms with Gasteiger partial charge in [-0.05, 0) is 55.5 Å². The minimum atomic E-state index is -1.69. The number of hydrogen-bond donors (Lipinski definition) is 0. The molecule has 0 spiro atoms. The molecule has 33 heavy (non-hydrogen) atoms. The third kappa shape index (κ3) is 3.21. The zero-order valence-electron chi connectivity index (χ0n) is 18.4. The Balaban J connectivity index is 1.82. The van der Waals surface area contributed by atoms with Crippen LogP contribution in [0.2, 0.25) is 0 Å². The summed E-state index contributed by atoms with van der Waals surface area (Å²) < 4.78 is 2.74. The van der Waals surface area contributed by atoms with Crippen molar-refractivity contribution in [1.82, 2.24) is 0 Å². The molecule has 0 atom stereocenters. The monoisotopic (exact) mass is 460 g/mol. The van der Waals surface area contributed by atoms with E-state index in [1.54, 1.807) is 0 Å². The van der Waals surface area contributed by atoms with Crippen molar-refractivity contribution in [1.29, 1.82) is 0 Å². The van der Waals surface area contributed by atoms with E-state index in [0.29, 0.717) is 0 Å². The summed E-state index contributed by atoms with van der Waals surface area (Å²) in [7, 11) is -1.69. The molecule has 2 heteroatoms. The number of thiophene rings is 1. The third-order valence-electron chi connectivity index (χ3n) is 6.27. The van der Waals surface area contributed by atoms with Gasteiger partial charge in [0.1, 0.15) is 0 Å². The average molecular weight is 461 g/mol. The van der Waals surface area contributed by atoms with E-state index < -0.39 is 10.0 Å². The van der Waals surface area contributed by atoms with Crippen LogP contribution in [0.3, 0.4) is 0 Å². The van der Waals surface area contributed by atoms with E-state index in [9.17, 15) is 0 Å². The molecule has 0 radical (unpaired) electrons. The molecule has 0 saturated carbocycles. The van der Waals surface area contributed by atoms with Crippen LogP contribution in [0.5, 0.6) is 0 Å². The minimum absolute atomic E-state index is 1.29. The maximum absolute atomic E-state index is 2.37. The van der Waals surface area contributed by atoms with Crippen molar-refractivity contribution >= 4 is 41.5 Å². The number of hydrogen-bond acceptors (Lipinski definition) is 1. The smallest absolute Gasteiger partial charge is 0.0485 e. The maximum atomic E-state index is 2.37. The summed E-state index contributed by atoms with van der Waals surface area (Å²) in [6, 6.07) is 47.1. The van der Waals surface area contributed by atoms with E-state index >= 15 is 0 Å². The van der Waals surface area contributed by atoms with Crippen LogP contribution in [0.25, 0.3) is 20.2 Å². The van der Waals surface area contributed by atoms with Crippen LogP contribution in [0.1, 0.15) is 5.56 Å². The van der Waals surface area contributed by atoms with Crippen molar-refractivity contribution < 1.29 is 0 Å². The first-order valence-corrected chi connectivity index (χ1v) is 13.6. The van der Waals surface area contributed by atoms with Gasteiger partial charge in [-0.25, -0.2) is 0 Å². The molecule has 0 aliphatic carbocycles. The Morgan fingerprint density at radius 1 is 0.485 bits per heavy atom. The van der Waals surface area contributed by atoms with Crippen molar-refractivity contribution in [2.45, 2.75) is 26.5 Å². The number of benzene rings is 5. The highest BCUT2D eigenvalue weighted by Gasteiger charge is 2.35. The van der Waals surface area contributed by atoms with Crippen molar-refractivity contribution in [2.24, 2.45) is 0 Å². The fourth-order valence-electron chi connectivity index (χ4n) is 4.74. The van der Waals surface area contributed by atoms with Gasteiger partial charge in [0, 0.05) is 39.8 Å². The summed E-state index contributed by atoms with van der Waals surface area (Å²) in [6.07, 6.45) is 0. The van der Waals surface area contributed by atoms with Gasteiger partial charge in [0.25, 0.3) is 0 Å². The Hall–Kier alpha value is -3.33. The zero-order chi connectivity index (χ0) is 22.3. The largest absolute Gasteiger partial charge is 0.134 e. The Bertz CT molecular complexity index is 1510. The first-order chi connectivity index (χ1) is 16.3. The predicted octanol–water partition coefficient (Wildman–Crippen LogP) is 9.70. The molecule has 0 N–H and O–H groups in total. The highest BCUT2D eigenvalue weighted by Crippen LogP contribution is 2.75. The molecule has 160 valence electrons. The van der Waals surface area contributed by atoms with Gasteiger partial charge in [-0.15, -0.1) is 21.4 Å². The van der Waals surface area contributed by atoms with Crippen LogP contribution in [-0.4, -0.2) is 0 Å². The number of fused-ring (bicyclic) bond motifs is 3. The van der Waals surface area contributed by atoms with Crippen LogP contribution in [0.15, 0.2) is 147 Å². The number of aryl methyl sites for hydroxylation is 1. The Morgan fingerprint density at radius 2 is 1.03 bits per heavy atom. The lowest BCUT2D eigenvalue weighted by Crippen LogP contribution is -2.05. The van der Waals surface area contributed by atoms with E-state index in [4.69, 9.17) is 0 Å². The van der Waals surface area contributed by atoms with E-state index in [0.717, 1.165) is 0 Å². The van der Waals surface area contributed by atoms with E-state index in [1.165, 1.54) is 45.3 Å². The zero-order valence-corrected chi connectivity index (χ0v) is 20.1. The van der Waals surface area contributed by atoms with E-state index in [2.05, 4.69) is 134 Å². The molecule has 0 unspecified atom stereocenters. The average Bonchev–Trinajstić information content (AvgIpc) is 3.26. The molecule has 5 aromatic carbocycles. The molecular weight excluding hydrogens is 436 g/mol. The quantitative estimate of drug-likeness (QED) is 0.245. The van der Waals surface area contributed by atoms with E-state index in [-0.39, 0.29) is 0 Å². The topological polar surface area (TPSA) is 0 Å². The molecule has 0 aliphatic rings. The van der Waals surface area contributed by atoms with Gasteiger partial charge in [0.05, 0.1) is 0 Å². The van der Waals surface area contributed by atoms with Gasteiger partial charge in [0.15, 0.2) is 0 Å². The summed E-state index contributed by atoms with van der Waals surface area (Å²) >= 11 is 1.92. The van der Waals surface area contributed by atoms with Crippen molar-refractivity contribution in [3.63, 3.8) is 0 Å². The second-order valence-electron chi connectivity index (χ2n) is 8.28. The van der Waals surface area contributed by atoms with Crippen molar-refractivity contribution in [2.75, 3.05) is 0 Å². The lowest BCUT2D eigenvalue weighted by atomic mass is 10.1. The lowest BCUT2D eigenvalue weighted by molar-refractivity contribution is 1.25. The van der Waals surface area contributed by atoms with Gasteiger partial charge < -0.3 is 0 Å². The Kier molecular flexibility index (Phi) is 5.05. The molecule has 1 aromatic heterocycles. The fourth-order valence-corrected chi connectivity index (χ4v) is 10.3. The van der Waals surface area contributed by atoms with Gasteiger partial charge in [0.2, 0.25) is 0 Å². The maximum Gasteiger partial charge on any atom is 0.0485 e. The molecule has 0 saturated heterocycles. The van der Waals surface area contributed by atoms with Crippen LogP contribution in [-0.2, 0) is 0 Å². The van der Waals surface area contributed by atoms with Crippen LogP contribution in [0, 0.1) is 6.92 Å². The van der Waals surface area contributed by atoms with Crippen molar-refractivity contribution in [3.8, 4) is 0 Å². The molecule has 0 bridgehead atoms. The SMILES string of the molecule is Cc1ccc(S(c2ccccc2)(c2ccccc2)c2cccc3c2sc2ccccc23)cc1. The fraction of sp³-hybridized carbons (Fsp3) is 0.0323. The molecule has 0 amide bonds. The van der Waals surface area contributed by atoms with Gasteiger partial charge >= 0.3 is 0 Å². The van der Waals surface area contributed by atoms with Crippen molar-refractivity contribution in [3.05, 3.63) is 133 Å². The van der Waals surface area contributed by atoms with E-state index in [1.807, 2.05) is 11.3 Å². The second kappa shape index (κ2) is 8.22. The highest BCUT2D eigenvalue weighted by atomic mass is 32.3. The van der Waals surface area contributed by atoms with Gasteiger partial charge in [-0.2, -0.15) is 0 Å². The molecule has 0 aliphatic heterocycles. The molecule has 6 aromatic rings. The van der Waals surface area contributed by atoms with Crippen LogP contribution < -0.4 is 0 Å². The minimum Gasteiger partial charge on any atom is -0.134 e. The summed E-state index contributed by atoms with van der Waals surface area (Å²) in [5, 5.41) is 2.70. The normalized spacial score (nSPS) is 12.3. The Labute approximate surface area is 200 Å². The van der Waals surface area contributed by atoms with Gasteiger partial charge in [-0.1, -0.05) is 84.4 Å². The predicted molar refractivity (Wildman–Crippen MR) is 144 cm³/mol. The summed E-state index contributed by atoms with van der Waals surface area (Å²) in [4.78, 5) is 5.52. The summed E-state index contributed by atoms with van der Waals surface area (Å²) in [5.41, 5.74) is 1.29. The standard InChI is InChI=1S/C31H24S2/c1-23-19-21-26(22-20-23)33(24-11-4-2-5-12-24,25-13-6-3-7-14-25)30-18-10-16-28-27-15-8-9-17-29(27)32-31(28)30/h2-22H,1H3. The molecule has 6 rings (SSSR count). The molecular formula is C31H24S2. The molecule has 0 nitrogen and oxygen atoms in total. The second-order valence-corrected chi connectivity index (χ2v) is 12.4. The van der Waals surface area contributed by atoms with Gasteiger partial charge in [-0.3, -0.25) is 0 Å². The summed E-state index contributed by atoms with van der Waals surface area (Å²) in [6.45, 7) is 2.17. The Morgan fingerprint density at radius 3 is 1.70 bits per heavy atom. The lowest BCUT2D eigenvalue weighted by Gasteiger charge is -2.42. The third-order valence-corrected chi connectivity index (χ3v) is 11.6. The van der Waals surface area contributed by atoms with Crippen LogP contribution >= 0.6 is 21.4 Å². The molecule has 0 fully saturated rings. The first-order valence-electron chi connectivity index (χ1n) is 11.2. The molecule has 1 heterocycles. The number of rotatable bonds is 4. The summed E-state index contributed by atoms with van der Waals surface area (Å²) in [5.74, 6) is 0. The first kappa shape index (κ1) is 20.3. The van der Waals surface area contributed by atoms with Crippen LogP contribution in [0.4, 0.5) is 0 Å².